The number of carbonyl (C=O) groups excluding carboxylic acids is 1. The topological polar surface area (TPSA) is 91.2 Å². The van der Waals surface area contributed by atoms with Crippen molar-refractivity contribution in [3.05, 3.63) is 117 Å². The molecule has 0 aromatic heterocycles. The van der Waals surface area contributed by atoms with E-state index in [2.05, 4.69) is 85.3 Å². The van der Waals surface area contributed by atoms with E-state index < -0.39 is 10.5 Å². The number of nitro benzene ring substituents is 1. The molecule has 2 heterocycles. The third kappa shape index (κ3) is 4.92. The van der Waals surface area contributed by atoms with Gasteiger partial charge in [-0.1, -0.05) is 30.3 Å². The summed E-state index contributed by atoms with van der Waals surface area (Å²) in [5, 5.41) is 14.5. The third-order valence-electron chi connectivity index (χ3n) is 9.13. The second-order valence-electron chi connectivity index (χ2n) is 11.3. The van der Waals surface area contributed by atoms with Crippen LogP contribution in [-0.4, -0.2) is 55.0 Å². The van der Waals surface area contributed by atoms with Crippen molar-refractivity contribution in [3.8, 4) is 11.5 Å². The predicted molar refractivity (Wildman–Crippen MR) is 179 cm³/mol. The highest BCUT2D eigenvalue weighted by atomic mass is 16.6. The molecule has 0 saturated heterocycles. The van der Waals surface area contributed by atoms with E-state index in [9.17, 15) is 14.9 Å². The van der Waals surface area contributed by atoms with Gasteiger partial charge in [-0.05, 0) is 63.6 Å². The molecule has 1 N–H and O–H groups in total. The zero-order chi connectivity index (χ0) is 31.7. The molecular formula is C36H39N5O4. The molecule has 9 nitrogen and oxygen atoms in total. The Balaban J connectivity index is 1.50. The highest BCUT2D eigenvalue weighted by Crippen LogP contribution is 2.58. The van der Waals surface area contributed by atoms with Gasteiger partial charge < -0.3 is 24.8 Å². The van der Waals surface area contributed by atoms with E-state index in [1.165, 1.54) is 12.1 Å². The summed E-state index contributed by atoms with van der Waals surface area (Å²) in [6.07, 6.45) is 0. The number of benzene rings is 4. The molecule has 45 heavy (non-hydrogen) atoms. The van der Waals surface area contributed by atoms with E-state index in [1.54, 1.807) is 12.1 Å². The lowest BCUT2D eigenvalue weighted by molar-refractivity contribution is -0.384. The third-order valence-corrected chi connectivity index (χ3v) is 9.13. The van der Waals surface area contributed by atoms with Gasteiger partial charge in [-0.2, -0.15) is 0 Å². The molecule has 1 spiro atoms. The first-order valence-electron chi connectivity index (χ1n) is 15.7. The van der Waals surface area contributed by atoms with Gasteiger partial charge in [0.2, 0.25) is 0 Å². The van der Waals surface area contributed by atoms with Crippen molar-refractivity contribution in [2.24, 2.45) is 0 Å². The summed E-state index contributed by atoms with van der Waals surface area (Å²) in [5.41, 5.74) is 5.48. The summed E-state index contributed by atoms with van der Waals surface area (Å²) < 4.78 is 6.76. The molecule has 0 fully saturated rings. The van der Waals surface area contributed by atoms with Crippen molar-refractivity contribution >= 4 is 28.7 Å². The molecule has 4 aromatic rings. The van der Waals surface area contributed by atoms with Gasteiger partial charge in [0, 0.05) is 97.3 Å². The van der Waals surface area contributed by atoms with Gasteiger partial charge in [-0.3, -0.25) is 14.9 Å². The normalized spacial score (nSPS) is 14.0. The summed E-state index contributed by atoms with van der Waals surface area (Å²) in [4.78, 5) is 31.6. The molecular weight excluding hydrogens is 566 g/mol. The van der Waals surface area contributed by atoms with Crippen LogP contribution in [0.1, 0.15) is 54.7 Å². The Morgan fingerprint density at radius 2 is 1.33 bits per heavy atom. The predicted octanol–water partition coefficient (Wildman–Crippen LogP) is 7.25. The molecule has 2 aliphatic heterocycles. The molecule has 2 aliphatic rings. The monoisotopic (exact) mass is 605 g/mol. The molecule has 232 valence electrons. The van der Waals surface area contributed by atoms with Gasteiger partial charge in [0.25, 0.3) is 11.6 Å². The van der Waals surface area contributed by atoms with Gasteiger partial charge in [-0.25, -0.2) is 0 Å². The number of fused-ring (bicyclic) bond motifs is 6. The van der Waals surface area contributed by atoms with Crippen LogP contribution < -0.4 is 19.9 Å². The molecule has 0 aliphatic carbocycles. The highest BCUT2D eigenvalue weighted by molar-refractivity contribution is 6.02. The lowest BCUT2D eigenvalue weighted by Crippen LogP contribution is -2.49. The van der Waals surface area contributed by atoms with E-state index >= 15 is 0 Å². The maximum Gasteiger partial charge on any atom is 0.269 e. The fourth-order valence-electron chi connectivity index (χ4n) is 6.91. The van der Waals surface area contributed by atoms with Crippen LogP contribution >= 0.6 is 0 Å². The number of nitrogens with one attached hydrogen (secondary N) is 1. The van der Waals surface area contributed by atoms with Crippen LogP contribution in [0.25, 0.3) is 0 Å². The van der Waals surface area contributed by atoms with Crippen molar-refractivity contribution in [1.82, 2.24) is 4.90 Å². The number of nitrogens with zero attached hydrogens (tertiary/aromatic N) is 4. The van der Waals surface area contributed by atoms with Gasteiger partial charge in [0.1, 0.15) is 17.0 Å². The first-order valence-corrected chi connectivity index (χ1v) is 15.7. The number of nitro groups is 1. The summed E-state index contributed by atoms with van der Waals surface area (Å²) in [7, 11) is 0. The Bertz CT molecular complexity index is 1670. The average Bonchev–Trinajstić information content (AvgIpc) is 3.30. The maximum atomic E-state index is 14.4. The van der Waals surface area contributed by atoms with Gasteiger partial charge in [0.15, 0.2) is 0 Å². The molecule has 0 bridgehead atoms. The Labute approximate surface area is 264 Å². The number of hydrogen-bond donors (Lipinski definition) is 1. The molecule has 6 rings (SSSR count). The zero-order valence-electron chi connectivity index (χ0n) is 26.2. The first-order chi connectivity index (χ1) is 21.9. The van der Waals surface area contributed by atoms with Crippen molar-refractivity contribution in [3.63, 3.8) is 0 Å². The van der Waals surface area contributed by atoms with E-state index in [1.807, 2.05) is 23.1 Å². The summed E-state index contributed by atoms with van der Waals surface area (Å²) in [6, 6.07) is 26.9. The molecule has 4 aromatic carbocycles. The molecule has 1 amide bonds. The number of rotatable bonds is 11. The molecule has 0 unspecified atom stereocenters. The van der Waals surface area contributed by atoms with Crippen molar-refractivity contribution in [2.75, 3.05) is 54.4 Å². The first kappa shape index (κ1) is 30.0. The van der Waals surface area contributed by atoms with Crippen LogP contribution in [0.5, 0.6) is 11.5 Å². The quantitative estimate of drug-likeness (QED) is 0.142. The summed E-state index contributed by atoms with van der Waals surface area (Å²) in [6.45, 7) is 12.9. The Kier molecular flexibility index (Phi) is 8.10. The van der Waals surface area contributed by atoms with Crippen LogP contribution in [0.2, 0.25) is 0 Å². The fraction of sp³-hybridized carbons (Fsp3) is 0.306. The van der Waals surface area contributed by atoms with Crippen LogP contribution in [0.4, 0.5) is 22.7 Å². The minimum Gasteiger partial charge on any atom is -0.456 e. The molecule has 9 heteroatoms. The second kappa shape index (κ2) is 12.1. The smallest absolute Gasteiger partial charge is 0.269 e. The molecule has 0 atom stereocenters. The maximum absolute atomic E-state index is 14.4. The lowest BCUT2D eigenvalue weighted by atomic mass is 9.74. The standard InChI is InChI=1S/C36H39N5O4/c1-5-38(6-2)27-17-19-31-33(23-27)45-34-24-28(39(7-3)8-4)18-20-32(34)36(31)30-12-10-9-11-29(30)35(42)40(36)22-21-37-25-13-15-26(16-14-25)41(43)44/h9-20,23-24,37H,5-8,21-22H2,1-4H3. The van der Waals surface area contributed by atoms with Crippen molar-refractivity contribution in [2.45, 2.75) is 33.2 Å². The SMILES string of the molecule is CCN(CC)c1ccc2c(c1)Oc1cc(N(CC)CC)ccc1C21c2ccccc2C(=O)N1CCNc1ccc([N+](=O)[O-])cc1. The van der Waals surface area contributed by atoms with Crippen LogP contribution in [0.3, 0.4) is 0 Å². The summed E-state index contributed by atoms with van der Waals surface area (Å²) in [5.74, 6) is 1.43. The van der Waals surface area contributed by atoms with E-state index in [4.69, 9.17) is 4.74 Å². The highest BCUT2D eigenvalue weighted by Gasteiger charge is 2.56. The molecule has 0 radical (unpaired) electrons. The van der Waals surface area contributed by atoms with E-state index in [0.717, 1.165) is 71.4 Å². The lowest BCUT2D eigenvalue weighted by Gasteiger charge is -2.45. The average molecular weight is 606 g/mol. The van der Waals surface area contributed by atoms with Crippen molar-refractivity contribution < 1.29 is 14.5 Å². The van der Waals surface area contributed by atoms with E-state index in [0.29, 0.717) is 18.7 Å². The van der Waals surface area contributed by atoms with Gasteiger partial charge in [-0.15, -0.1) is 0 Å². The zero-order valence-corrected chi connectivity index (χ0v) is 26.2. The number of ether oxygens (including phenoxy) is 1. The minimum absolute atomic E-state index is 0.0354. The second-order valence-corrected chi connectivity index (χ2v) is 11.3. The van der Waals surface area contributed by atoms with Crippen molar-refractivity contribution in [1.29, 1.82) is 0 Å². The van der Waals surface area contributed by atoms with Crippen LogP contribution in [0, 0.1) is 10.1 Å². The number of amides is 1. The minimum atomic E-state index is -0.905. The van der Waals surface area contributed by atoms with Gasteiger partial charge in [0.05, 0.1) is 4.92 Å². The Morgan fingerprint density at radius 3 is 1.87 bits per heavy atom. The van der Waals surface area contributed by atoms with E-state index in [-0.39, 0.29) is 11.6 Å². The van der Waals surface area contributed by atoms with Crippen LogP contribution in [0.15, 0.2) is 84.9 Å². The number of non-ortho nitro benzene ring substituents is 1. The Morgan fingerprint density at radius 1 is 0.778 bits per heavy atom. The number of carbonyl (C=O) groups is 1. The Hall–Kier alpha value is -5.05. The van der Waals surface area contributed by atoms with Crippen LogP contribution in [-0.2, 0) is 5.54 Å². The number of hydrogen-bond acceptors (Lipinski definition) is 7. The molecule has 0 saturated carbocycles. The largest absolute Gasteiger partial charge is 0.456 e. The number of anilines is 3. The fourth-order valence-corrected chi connectivity index (χ4v) is 6.91. The summed E-state index contributed by atoms with van der Waals surface area (Å²) >= 11 is 0. The van der Waals surface area contributed by atoms with Gasteiger partial charge >= 0.3 is 0 Å².